The molecule has 0 bridgehead atoms. The van der Waals surface area contributed by atoms with Gasteiger partial charge in [-0.2, -0.15) is 13.2 Å². The van der Waals surface area contributed by atoms with E-state index in [1.165, 1.54) is 0 Å². The smallest absolute Gasteiger partial charge is 0.292 e. The Kier molecular flexibility index (Phi) is 5.12. The molecule has 0 unspecified atom stereocenters. The number of hydrogen-bond donors (Lipinski definition) is 2. The van der Waals surface area contributed by atoms with E-state index < -0.39 is 28.3 Å². The maximum Gasteiger partial charge on any atom is 0.416 e. The Morgan fingerprint density at radius 3 is 2.52 bits per heavy atom. The van der Waals surface area contributed by atoms with Crippen LogP contribution in [0.2, 0.25) is 0 Å². The molecule has 1 amide bonds. The van der Waals surface area contributed by atoms with Crippen LogP contribution in [-0.2, 0) is 11.0 Å². The molecule has 9 heteroatoms. The quantitative estimate of drug-likeness (QED) is 0.646. The molecule has 21 heavy (non-hydrogen) atoms. The second-order valence-corrected chi connectivity index (χ2v) is 4.41. The van der Waals surface area contributed by atoms with Gasteiger partial charge in [0.2, 0.25) is 5.91 Å². The summed E-state index contributed by atoms with van der Waals surface area (Å²) in [7, 11) is 0. The van der Waals surface area contributed by atoms with Crippen molar-refractivity contribution < 1.29 is 22.9 Å². The molecule has 0 saturated heterocycles. The summed E-state index contributed by atoms with van der Waals surface area (Å²) in [5.74, 6) is -0.738. The van der Waals surface area contributed by atoms with Crippen LogP contribution in [-0.4, -0.2) is 10.8 Å². The lowest BCUT2D eigenvalue weighted by molar-refractivity contribution is -0.384. The Labute approximate surface area is 118 Å². The van der Waals surface area contributed by atoms with Crippen molar-refractivity contribution in [2.24, 2.45) is 5.92 Å². The molecule has 1 aromatic rings. The van der Waals surface area contributed by atoms with Crippen molar-refractivity contribution in [3.63, 3.8) is 0 Å². The first-order valence-corrected chi connectivity index (χ1v) is 6.08. The molecule has 0 spiro atoms. The van der Waals surface area contributed by atoms with Gasteiger partial charge in [-0.25, -0.2) is 0 Å². The van der Waals surface area contributed by atoms with Crippen molar-refractivity contribution in [1.29, 1.82) is 0 Å². The van der Waals surface area contributed by atoms with E-state index in [-0.39, 0.29) is 11.6 Å². The van der Waals surface area contributed by atoms with Crippen molar-refractivity contribution in [3.05, 3.63) is 33.9 Å². The molecule has 1 rings (SSSR count). The van der Waals surface area contributed by atoms with Crippen LogP contribution in [0, 0.1) is 16.0 Å². The summed E-state index contributed by atoms with van der Waals surface area (Å²) < 4.78 is 37.5. The number of nitro groups is 1. The van der Waals surface area contributed by atoms with Gasteiger partial charge in [0, 0.05) is 12.0 Å². The number of benzene rings is 1. The van der Waals surface area contributed by atoms with Crippen LogP contribution in [0.3, 0.4) is 0 Å². The van der Waals surface area contributed by atoms with Crippen molar-refractivity contribution in [1.82, 2.24) is 5.43 Å². The molecular weight excluding hydrogens is 291 g/mol. The van der Waals surface area contributed by atoms with Crippen LogP contribution >= 0.6 is 0 Å². The summed E-state index contributed by atoms with van der Waals surface area (Å²) >= 11 is 0. The highest BCUT2D eigenvalue weighted by atomic mass is 19.4. The van der Waals surface area contributed by atoms with E-state index in [1.807, 2.05) is 0 Å². The molecule has 0 aliphatic carbocycles. The molecule has 116 valence electrons. The highest BCUT2D eigenvalue weighted by Crippen LogP contribution is 2.34. The largest absolute Gasteiger partial charge is 0.416 e. The SMILES string of the molecule is CC[C@@H](C)C(=O)NNc1ccc(C(F)(F)F)cc1[N+](=O)[O-]. The molecule has 0 aliphatic heterocycles. The van der Waals surface area contributed by atoms with Gasteiger partial charge in [-0.15, -0.1) is 0 Å². The average Bonchev–Trinajstić information content (AvgIpc) is 2.42. The number of alkyl halides is 3. The molecule has 0 aliphatic rings. The number of carbonyl (C=O) groups is 1. The monoisotopic (exact) mass is 305 g/mol. The van der Waals surface area contributed by atoms with Crippen LogP contribution in [0.1, 0.15) is 25.8 Å². The number of nitrogens with one attached hydrogen (secondary N) is 2. The summed E-state index contributed by atoms with van der Waals surface area (Å²) in [5, 5.41) is 10.8. The van der Waals surface area contributed by atoms with Gasteiger partial charge in [0.05, 0.1) is 10.5 Å². The first-order chi connectivity index (χ1) is 9.66. The third kappa shape index (κ3) is 4.33. The maximum atomic E-state index is 12.5. The van der Waals surface area contributed by atoms with Gasteiger partial charge < -0.3 is 0 Å². The van der Waals surface area contributed by atoms with Gasteiger partial charge in [0.1, 0.15) is 5.69 Å². The topological polar surface area (TPSA) is 84.3 Å². The zero-order valence-corrected chi connectivity index (χ0v) is 11.3. The van der Waals surface area contributed by atoms with Gasteiger partial charge >= 0.3 is 6.18 Å². The Hall–Kier alpha value is -2.32. The number of hydrazine groups is 1. The number of halogens is 3. The lowest BCUT2D eigenvalue weighted by atomic mass is 10.1. The maximum absolute atomic E-state index is 12.5. The second kappa shape index (κ2) is 6.42. The summed E-state index contributed by atoms with van der Waals surface area (Å²) in [6, 6.07) is 2.01. The van der Waals surface area contributed by atoms with Gasteiger partial charge in [-0.1, -0.05) is 13.8 Å². The molecule has 1 aromatic carbocycles. The standard InChI is InChI=1S/C12H14F3N3O3/c1-3-7(2)11(19)17-16-9-5-4-8(12(13,14)15)6-10(9)18(20)21/h4-7,16H,3H2,1-2H3,(H,17,19)/t7-/m1/s1. The Morgan fingerprint density at radius 2 is 2.05 bits per heavy atom. The normalized spacial score (nSPS) is 12.6. The number of anilines is 1. The number of carbonyl (C=O) groups excluding carboxylic acids is 1. The lowest BCUT2D eigenvalue weighted by Gasteiger charge is -2.13. The first kappa shape index (κ1) is 16.7. The zero-order chi connectivity index (χ0) is 16.2. The molecule has 0 heterocycles. The minimum absolute atomic E-state index is 0.218. The molecule has 1 atom stereocenters. The van der Waals surface area contributed by atoms with Crippen LogP contribution in [0.15, 0.2) is 18.2 Å². The van der Waals surface area contributed by atoms with Crippen molar-refractivity contribution in [3.8, 4) is 0 Å². The van der Waals surface area contributed by atoms with Crippen LogP contribution < -0.4 is 10.9 Å². The molecule has 0 radical (unpaired) electrons. The van der Waals surface area contributed by atoms with E-state index in [2.05, 4.69) is 10.9 Å². The Balaban J connectivity index is 2.98. The van der Waals surface area contributed by atoms with E-state index in [0.29, 0.717) is 18.6 Å². The minimum Gasteiger partial charge on any atom is -0.292 e. The third-order valence-electron chi connectivity index (χ3n) is 2.90. The lowest BCUT2D eigenvalue weighted by Crippen LogP contribution is -2.33. The van der Waals surface area contributed by atoms with E-state index in [1.54, 1.807) is 13.8 Å². The molecule has 6 nitrogen and oxygen atoms in total. The van der Waals surface area contributed by atoms with E-state index in [9.17, 15) is 28.1 Å². The summed E-state index contributed by atoms with van der Waals surface area (Å²) in [4.78, 5) is 21.4. The van der Waals surface area contributed by atoms with Crippen LogP contribution in [0.25, 0.3) is 0 Å². The van der Waals surface area contributed by atoms with Gasteiger partial charge in [0.25, 0.3) is 5.69 Å². The highest BCUT2D eigenvalue weighted by molar-refractivity contribution is 5.80. The molecule has 2 N–H and O–H groups in total. The van der Waals surface area contributed by atoms with Gasteiger partial charge in [-0.05, 0) is 18.6 Å². The fourth-order valence-corrected chi connectivity index (χ4v) is 1.40. The van der Waals surface area contributed by atoms with Gasteiger partial charge in [-0.3, -0.25) is 25.8 Å². The Morgan fingerprint density at radius 1 is 1.43 bits per heavy atom. The van der Waals surface area contributed by atoms with E-state index >= 15 is 0 Å². The van der Waals surface area contributed by atoms with Crippen molar-refractivity contribution >= 4 is 17.3 Å². The van der Waals surface area contributed by atoms with Crippen molar-refractivity contribution in [2.45, 2.75) is 26.4 Å². The predicted molar refractivity (Wildman–Crippen MR) is 69.3 cm³/mol. The molecule has 0 saturated carbocycles. The van der Waals surface area contributed by atoms with Gasteiger partial charge in [0.15, 0.2) is 0 Å². The van der Waals surface area contributed by atoms with Crippen LogP contribution in [0.4, 0.5) is 24.5 Å². The number of nitro benzene ring substituents is 1. The third-order valence-corrected chi connectivity index (χ3v) is 2.90. The van der Waals surface area contributed by atoms with E-state index in [0.717, 1.165) is 6.07 Å². The number of hydrogen-bond acceptors (Lipinski definition) is 4. The van der Waals surface area contributed by atoms with E-state index in [4.69, 9.17) is 0 Å². The zero-order valence-electron chi connectivity index (χ0n) is 11.3. The Bertz CT molecular complexity index is 546. The van der Waals surface area contributed by atoms with Crippen LogP contribution in [0.5, 0.6) is 0 Å². The summed E-state index contributed by atoms with van der Waals surface area (Å²) in [5.41, 5.74) is 2.39. The number of amides is 1. The summed E-state index contributed by atoms with van der Waals surface area (Å²) in [6.45, 7) is 3.43. The predicted octanol–water partition coefficient (Wildman–Crippen LogP) is 3.10. The fraction of sp³-hybridized carbons (Fsp3) is 0.417. The highest BCUT2D eigenvalue weighted by Gasteiger charge is 2.33. The average molecular weight is 305 g/mol. The second-order valence-electron chi connectivity index (χ2n) is 4.41. The fourth-order valence-electron chi connectivity index (χ4n) is 1.40. The molecular formula is C12H14F3N3O3. The number of rotatable bonds is 5. The minimum atomic E-state index is -4.68. The van der Waals surface area contributed by atoms with Crippen molar-refractivity contribution in [2.75, 3.05) is 5.43 Å². The number of nitrogens with zero attached hydrogens (tertiary/aromatic N) is 1. The first-order valence-electron chi connectivity index (χ1n) is 6.08. The summed E-state index contributed by atoms with van der Waals surface area (Å²) in [6.07, 6.45) is -4.12. The molecule has 0 aromatic heterocycles. The molecule has 0 fully saturated rings.